The Morgan fingerprint density at radius 1 is 1.25 bits per heavy atom. The summed E-state index contributed by atoms with van der Waals surface area (Å²) in [6.07, 6.45) is 0. The van der Waals surface area contributed by atoms with E-state index < -0.39 is 0 Å². The van der Waals surface area contributed by atoms with Gasteiger partial charge < -0.3 is 10.6 Å². The number of piperazine rings is 1. The maximum Gasteiger partial charge on any atom is 0.0449 e. The molecule has 0 aliphatic carbocycles. The molecule has 0 saturated carbocycles. The summed E-state index contributed by atoms with van der Waals surface area (Å²) in [5.74, 6) is 0. The highest BCUT2D eigenvalue weighted by molar-refractivity contribution is 7.80. The zero-order valence-corrected chi connectivity index (χ0v) is 10.6. The van der Waals surface area contributed by atoms with E-state index in [1.54, 1.807) is 0 Å². The smallest absolute Gasteiger partial charge is 0.0449 e. The monoisotopic (exact) mass is 237 g/mol. The normalized spacial score (nSPS) is 18.9. The Kier molecular flexibility index (Phi) is 3.74. The average Bonchev–Trinajstić information content (AvgIpc) is 2.27. The summed E-state index contributed by atoms with van der Waals surface area (Å²) in [7, 11) is 2.17. The fraction of sp³-hybridized carbons (Fsp3) is 0.500. The molecule has 0 unspecified atom stereocenters. The second-order valence-electron chi connectivity index (χ2n) is 4.47. The molecule has 1 fully saturated rings. The molecule has 1 heterocycles. The van der Waals surface area contributed by atoms with E-state index in [1.807, 2.05) is 6.07 Å². The molecule has 3 nitrogen and oxygen atoms in total. The van der Waals surface area contributed by atoms with Crippen LogP contribution >= 0.6 is 12.6 Å². The highest BCUT2D eigenvalue weighted by Gasteiger charge is 2.13. The summed E-state index contributed by atoms with van der Waals surface area (Å²) in [6.45, 7) is 5.60. The first-order chi connectivity index (χ1) is 7.65. The van der Waals surface area contributed by atoms with Gasteiger partial charge in [0.05, 0.1) is 0 Å². The number of nitrogen functional groups attached to an aromatic ring is 1. The number of rotatable bonds is 2. The van der Waals surface area contributed by atoms with Crippen LogP contribution in [0.15, 0.2) is 23.1 Å². The lowest BCUT2D eigenvalue weighted by molar-refractivity contribution is 0.148. The van der Waals surface area contributed by atoms with Crippen molar-refractivity contribution in [1.29, 1.82) is 0 Å². The topological polar surface area (TPSA) is 32.5 Å². The van der Waals surface area contributed by atoms with Gasteiger partial charge in [-0.25, -0.2) is 0 Å². The summed E-state index contributed by atoms with van der Waals surface area (Å²) >= 11 is 4.35. The Labute approximate surface area is 103 Å². The van der Waals surface area contributed by atoms with Crippen molar-refractivity contribution in [3.8, 4) is 0 Å². The molecule has 0 spiro atoms. The van der Waals surface area contributed by atoms with E-state index in [9.17, 15) is 0 Å². The van der Waals surface area contributed by atoms with Crippen molar-refractivity contribution in [2.45, 2.75) is 11.4 Å². The molecule has 2 rings (SSSR count). The van der Waals surface area contributed by atoms with Gasteiger partial charge in [0.15, 0.2) is 0 Å². The lowest BCUT2D eigenvalue weighted by Gasteiger charge is -2.32. The fourth-order valence-electron chi connectivity index (χ4n) is 1.95. The van der Waals surface area contributed by atoms with E-state index in [0.29, 0.717) is 0 Å². The van der Waals surface area contributed by atoms with Gasteiger partial charge in [-0.2, -0.15) is 0 Å². The summed E-state index contributed by atoms with van der Waals surface area (Å²) < 4.78 is 0. The van der Waals surface area contributed by atoms with Crippen molar-refractivity contribution in [2.75, 3.05) is 39.0 Å². The first kappa shape index (κ1) is 11.8. The number of anilines is 1. The zero-order chi connectivity index (χ0) is 11.5. The lowest BCUT2D eigenvalue weighted by Crippen LogP contribution is -2.43. The maximum absolute atomic E-state index is 5.74. The van der Waals surface area contributed by atoms with Crippen LogP contribution in [0.5, 0.6) is 0 Å². The summed E-state index contributed by atoms with van der Waals surface area (Å²) in [6, 6.07) is 6.10. The van der Waals surface area contributed by atoms with E-state index in [4.69, 9.17) is 5.73 Å². The molecule has 0 bridgehead atoms. The minimum absolute atomic E-state index is 0.755. The van der Waals surface area contributed by atoms with Crippen molar-refractivity contribution < 1.29 is 0 Å². The Morgan fingerprint density at radius 2 is 1.94 bits per heavy atom. The Morgan fingerprint density at radius 3 is 2.56 bits per heavy atom. The van der Waals surface area contributed by atoms with Gasteiger partial charge in [-0.05, 0) is 24.7 Å². The van der Waals surface area contributed by atoms with Crippen molar-refractivity contribution in [2.24, 2.45) is 0 Å². The fourth-order valence-corrected chi connectivity index (χ4v) is 2.19. The van der Waals surface area contributed by atoms with E-state index in [0.717, 1.165) is 43.3 Å². The molecule has 0 amide bonds. The van der Waals surface area contributed by atoms with Crippen LogP contribution in [0.1, 0.15) is 5.56 Å². The number of nitrogens with zero attached hydrogens (tertiary/aromatic N) is 2. The lowest BCUT2D eigenvalue weighted by atomic mass is 10.2. The van der Waals surface area contributed by atoms with Crippen LogP contribution in [0.2, 0.25) is 0 Å². The molecule has 0 aromatic heterocycles. The van der Waals surface area contributed by atoms with E-state index in [-0.39, 0.29) is 0 Å². The van der Waals surface area contributed by atoms with Gasteiger partial charge in [-0.15, -0.1) is 12.6 Å². The van der Waals surface area contributed by atoms with Crippen LogP contribution in [0, 0.1) is 0 Å². The van der Waals surface area contributed by atoms with Crippen LogP contribution in [0.25, 0.3) is 0 Å². The SMILES string of the molecule is CN1CCN(Cc2ccc(N)c(S)c2)CC1. The molecule has 1 aromatic carbocycles. The summed E-state index contributed by atoms with van der Waals surface area (Å²) in [5.41, 5.74) is 7.79. The predicted octanol–water partition coefficient (Wildman–Crippen LogP) is 1.30. The zero-order valence-electron chi connectivity index (χ0n) is 9.69. The third-order valence-electron chi connectivity index (χ3n) is 3.10. The molecule has 1 saturated heterocycles. The van der Waals surface area contributed by atoms with Gasteiger partial charge in [-0.1, -0.05) is 6.07 Å². The van der Waals surface area contributed by atoms with E-state index in [1.165, 1.54) is 5.56 Å². The number of hydrogen-bond donors (Lipinski definition) is 2. The van der Waals surface area contributed by atoms with Gasteiger partial charge in [0.2, 0.25) is 0 Å². The van der Waals surface area contributed by atoms with E-state index >= 15 is 0 Å². The van der Waals surface area contributed by atoms with Crippen molar-refractivity contribution >= 4 is 18.3 Å². The highest BCUT2D eigenvalue weighted by Crippen LogP contribution is 2.19. The minimum atomic E-state index is 0.755. The molecule has 0 radical (unpaired) electrons. The number of benzene rings is 1. The molecule has 1 aromatic rings. The third kappa shape index (κ3) is 2.90. The van der Waals surface area contributed by atoms with Gasteiger partial charge in [0, 0.05) is 43.3 Å². The van der Waals surface area contributed by atoms with Crippen molar-refractivity contribution in [3.05, 3.63) is 23.8 Å². The van der Waals surface area contributed by atoms with Crippen LogP contribution in [-0.2, 0) is 6.54 Å². The Bertz CT molecular complexity index is 359. The first-order valence-corrected chi connectivity index (χ1v) is 6.08. The molecule has 16 heavy (non-hydrogen) atoms. The third-order valence-corrected chi connectivity index (χ3v) is 3.48. The molecule has 1 aliphatic rings. The molecule has 0 atom stereocenters. The van der Waals surface area contributed by atoms with Gasteiger partial charge >= 0.3 is 0 Å². The van der Waals surface area contributed by atoms with Crippen LogP contribution < -0.4 is 5.73 Å². The molecule has 88 valence electrons. The maximum atomic E-state index is 5.74. The number of nitrogens with two attached hydrogens (primary N) is 1. The van der Waals surface area contributed by atoms with Crippen LogP contribution in [-0.4, -0.2) is 43.0 Å². The highest BCUT2D eigenvalue weighted by atomic mass is 32.1. The summed E-state index contributed by atoms with van der Waals surface area (Å²) in [4.78, 5) is 5.72. The van der Waals surface area contributed by atoms with Crippen LogP contribution in [0.4, 0.5) is 5.69 Å². The van der Waals surface area contributed by atoms with Gasteiger partial charge in [0.25, 0.3) is 0 Å². The average molecular weight is 237 g/mol. The molecule has 2 N–H and O–H groups in total. The second-order valence-corrected chi connectivity index (χ2v) is 4.95. The molecule has 1 aliphatic heterocycles. The minimum Gasteiger partial charge on any atom is -0.398 e. The first-order valence-electron chi connectivity index (χ1n) is 5.63. The Hall–Kier alpha value is -0.710. The Balaban J connectivity index is 1.96. The van der Waals surface area contributed by atoms with E-state index in [2.05, 4.69) is 41.6 Å². The van der Waals surface area contributed by atoms with Crippen molar-refractivity contribution in [3.63, 3.8) is 0 Å². The summed E-state index contributed by atoms with van der Waals surface area (Å²) in [5, 5.41) is 0. The number of thiol groups is 1. The van der Waals surface area contributed by atoms with Crippen LogP contribution in [0.3, 0.4) is 0 Å². The number of likely N-dealkylation sites (N-methyl/N-ethyl adjacent to an activating group) is 1. The largest absolute Gasteiger partial charge is 0.398 e. The van der Waals surface area contributed by atoms with Crippen molar-refractivity contribution in [1.82, 2.24) is 9.80 Å². The molecular weight excluding hydrogens is 218 g/mol. The number of hydrogen-bond acceptors (Lipinski definition) is 4. The quantitative estimate of drug-likeness (QED) is 0.601. The van der Waals surface area contributed by atoms with Gasteiger partial charge in [0.1, 0.15) is 0 Å². The molecular formula is C12H19N3S. The van der Waals surface area contributed by atoms with Gasteiger partial charge in [-0.3, -0.25) is 4.90 Å². The standard InChI is InChI=1S/C12H19N3S/c1-14-4-6-15(7-5-14)9-10-2-3-11(13)12(16)8-10/h2-3,8,16H,4-7,9,13H2,1H3. The second kappa shape index (κ2) is 5.08. The predicted molar refractivity (Wildman–Crippen MR) is 70.9 cm³/mol. The molecule has 4 heteroatoms.